The Morgan fingerprint density at radius 1 is 1.56 bits per heavy atom. The van der Waals surface area contributed by atoms with Crippen LogP contribution in [-0.4, -0.2) is 33.7 Å². The topological polar surface area (TPSA) is 110 Å². The molecular formula is C10H10N4O4. The first kappa shape index (κ1) is 11.8. The number of nitrogens with zero attached hydrogens (tertiary/aromatic N) is 2. The normalized spacial score (nSPS) is 10.1. The largest absolute Gasteiger partial charge is 0.460 e. The molecule has 2 aromatic heterocycles. The van der Waals surface area contributed by atoms with Gasteiger partial charge in [0.25, 0.3) is 5.91 Å². The van der Waals surface area contributed by atoms with Gasteiger partial charge in [-0.25, -0.2) is 4.79 Å². The Morgan fingerprint density at radius 3 is 3.06 bits per heavy atom. The molecule has 2 heterocycles. The Labute approximate surface area is 101 Å². The van der Waals surface area contributed by atoms with Crippen LogP contribution in [0, 0.1) is 0 Å². The summed E-state index contributed by atoms with van der Waals surface area (Å²) in [4.78, 5) is 26.6. The van der Waals surface area contributed by atoms with E-state index in [1.165, 1.54) is 12.3 Å². The summed E-state index contributed by atoms with van der Waals surface area (Å²) in [6, 6.07) is 3.07. The van der Waals surface area contributed by atoms with Crippen LogP contribution in [0.25, 0.3) is 0 Å². The van der Waals surface area contributed by atoms with Gasteiger partial charge in [0.05, 0.1) is 12.9 Å². The third-order valence-corrected chi connectivity index (χ3v) is 1.92. The molecule has 0 fully saturated rings. The minimum Gasteiger partial charge on any atom is -0.460 e. The Balaban J connectivity index is 2.03. The lowest BCUT2D eigenvalue weighted by molar-refractivity contribution is 0.0512. The average molecular weight is 250 g/mol. The summed E-state index contributed by atoms with van der Waals surface area (Å²) in [7, 11) is 0. The zero-order valence-corrected chi connectivity index (χ0v) is 9.47. The number of aromatic amines is 1. The van der Waals surface area contributed by atoms with Gasteiger partial charge in [-0.3, -0.25) is 15.2 Å². The summed E-state index contributed by atoms with van der Waals surface area (Å²) in [6.07, 6.45) is 1.37. The molecule has 8 heteroatoms. The van der Waals surface area contributed by atoms with Gasteiger partial charge in [-0.15, -0.1) is 5.10 Å². The number of H-pyrrole nitrogens is 1. The van der Waals surface area contributed by atoms with Crippen LogP contribution in [0.1, 0.15) is 28.1 Å². The van der Waals surface area contributed by atoms with Crippen molar-refractivity contribution in [1.29, 1.82) is 0 Å². The lowest BCUT2D eigenvalue weighted by atomic mass is 10.4. The fourth-order valence-corrected chi connectivity index (χ4v) is 1.18. The third kappa shape index (κ3) is 2.54. The van der Waals surface area contributed by atoms with Crippen molar-refractivity contribution in [3.8, 4) is 0 Å². The maximum Gasteiger partial charge on any atom is 0.375 e. The maximum atomic E-state index is 11.6. The van der Waals surface area contributed by atoms with Crippen molar-refractivity contribution >= 4 is 17.8 Å². The molecule has 2 aromatic rings. The number of hydrogen-bond donors (Lipinski definition) is 2. The minimum absolute atomic E-state index is 0.0283. The Bertz CT molecular complexity index is 546. The SMILES string of the molecule is CCOC(=O)c1nc(NC(=O)c2ccco2)n[nH]1. The summed E-state index contributed by atoms with van der Waals surface area (Å²) >= 11 is 0. The number of esters is 1. The number of furan rings is 1. The number of carbonyl (C=O) groups is 2. The number of nitrogens with one attached hydrogen (secondary N) is 2. The van der Waals surface area contributed by atoms with Crippen LogP contribution in [0.3, 0.4) is 0 Å². The van der Waals surface area contributed by atoms with E-state index in [9.17, 15) is 9.59 Å². The molecule has 0 bridgehead atoms. The highest BCUT2D eigenvalue weighted by Crippen LogP contribution is 2.05. The van der Waals surface area contributed by atoms with Crippen molar-refractivity contribution in [3.63, 3.8) is 0 Å². The lowest BCUT2D eigenvalue weighted by Gasteiger charge is -1.96. The van der Waals surface area contributed by atoms with Crippen molar-refractivity contribution in [1.82, 2.24) is 15.2 Å². The van der Waals surface area contributed by atoms with Crippen LogP contribution in [0.5, 0.6) is 0 Å². The fraction of sp³-hybridized carbons (Fsp3) is 0.200. The number of ether oxygens (including phenoxy) is 1. The molecule has 0 spiro atoms. The van der Waals surface area contributed by atoms with Gasteiger partial charge in [-0.1, -0.05) is 0 Å². The first-order valence-corrected chi connectivity index (χ1v) is 5.15. The molecule has 2 N–H and O–H groups in total. The summed E-state index contributed by atoms with van der Waals surface area (Å²) < 4.78 is 9.61. The van der Waals surface area contributed by atoms with Crippen molar-refractivity contribution in [2.75, 3.05) is 11.9 Å². The third-order valence-electron chi connectivity index (χ3n) is 1.92. The molecule has 0 aliphatic heterocycles. The van der Waals surface area contributed by atoms with Gasteiger partial charge < -0.3 is 9.15 Å². The zero-order chi connectivity index (χ0) is 13.0. The van der Waals surface area contributed by atoms with Crippen molar-refractivity contribution in [2.24, 2.45) is 0 Å². The van der Waals surface area contributed by atoms with Crippen molar-refractivity contribution in [2.45, 2.75) is 6.92 Å². The number of amides is 1. The molecule has 0 atom stereocenters. The molecule has 0 aliphatic carbocycles. The molecule has 1 amide bonds. The van der Waals surface area contributed by atoms with Crippen LogP contribution < -0.4 is 5.32 Å². The van der Waals surface area contributed by atoms with E-state index in [1.807, 2.05) is 0 Å². The number of anilines is 1. The van der Waals surface area contributed by atoms with E-state index < -0.39 is 11.9 Å². The first-order valence-electron chi connectivity index (χ1n) is 5.15. The van der Waals surface area contributed by atoms with E-state index >= 15 is 0 Å². The highest BCUT2D eigenvalue weighted by Gasteiger charge is 2.15. The highest BCUT2D eigenvalue weighted by atomic mass is 16.5. The Hall–Kier alpha value is -2.64. The quantitative estimate of drug-likeness (QED) is 0.777. The molecule has 0 unspecified atom stereocenters. The second-order valence-electron chi connectivity index (χ2n) is 3.16. The van der Waals surface area contributed by atoms with Gasteiger partial charge in [0, 0.05) is 0 Å². The summed E-state index contributed by atoms with van der Waals surface area (Å²) in [6.45, 7) is 1.90. The van der Waals surface area contributed by atoms with E-state index in [0.29, 0.717) is 0 Å². The number of rotatable bonds is 4. The minimum atomic E-state index is -0.636. The van der Waals surface area contributed by atoms with E-state index in [4.69, 9.17) is 9.15 Å². The Morgan fingerprint density at radius 2 is 2.39 bits per heavy atom. The van der Waals surface area contributed by atoms with Crippen LogP contribution in [0.2, 0.25) is 0 Å². The van der Waals surface area contributed by atoms with Gasteiger partial charge in [-0.05, 0) is 19.1 Å². The van der Waals surface area contributed by atoms with Crippen molar-refractivity contribution < 1.29 is 18.7 Å². The maximum absolute atomic E-state index is 11.6. The molecule has 18 heavy (non-hydrogen) atoms. The van der Waals surface area contributed by atoms with Crippen LogP contribution in [0.15, 0.2) is 22.8 Å². The zero-order valence-electron chi connectivity index (χ0n) is 9.47. The average Bonchev–Trinajstić information content (AvgIpc) is 2.99. The summed E-state index contributed by atoms with van der Waals surface area (Å²) in [5, 5.41) is 8.39. The van der Waals surface area contributed by atoms with E-state index in [0.717, 1.165) is 0 Å². The molecule has 0 radical (unpaired) electrons. The lowest BCUT2D eigenvalue weighted by Crippen LogP contribution is -2.12. The molecule has 94 valence electrons. The van der Waals surface area contributed by atoms with E-state index in [-0.39, 0.29) is 24.1 Å². The predicted molar refractivity (Wildman–Crippen MR) is 59.0 cm³/mol. The molecule has 0 saturated carbocycles. The van der Waals surface area contributed by atoms with Crippen LogP contribution >= 0.6 is 0 Å². The first-order chi connectivity index (χ1) is 8.70. The van der Waals surface area contributed by atoms with Crippen LogP contribution in [0.4, 0.5) is 5.95 Å². The molecule has 0 aliphatic rings. The molecular weight excluding hydrogens is 240 g/mol. The van der Waals surface area contributed by atoms with Crippen molar-refractivity contribution in [3.05, 3.63) is 30.0 Å². The van der Waals surface area contributed by atoms with Gasteiger partial charge >= 0.3 is 5.97 Å². The highest BCUT2D eigenvalue weighted by molar-refractivity contribution is 6.01. The van der Waals surface area contributed by atoms with E-state index in [1.54, 1.807) is 13.0 Å². The molecule has 2 rings (SSSR count). The standard InChI is InChI=1S/C10H10N4O4/c1-2-17-9(16)7-11-10(14-13-7)12-8(15)6-4-3-5-18-6/h3-5H,2H2,1H3,(H2,11,12,13,14,15). The second-order valence-corrected chi connectivity index (χ2v) is 3.16. The van der Waals surface area contributed by atoms with E-state index in [2.05, 4.69) is 20.5 Å². The Kier molecular flexibility index (Phi) is 3.37. The van der Waals surface area contributed by atoms with Gasteiger partial charge in [0.15, 0.2) is 5.76 Å². The number of aromatic nitrogens is 3. The second kappa shape index (κ2) is 5.13. The molecule has 0 saturated heterocycles. The molecule has 8 nitrogen and oxygen atoms in total. The summed E-state index contributed by atoms with van der Waals surface area (Å²) in [5.74, 6) is -1.12. The smallest absolute Gasteiger partial charge is 0.375 e. The van der Waals surface area contributed by atoms with Gasteiger partial charge in [-0.2, -0.15) is 4.98 Å². The monoisotopic (exact) mass is 250 g/mol. The number of carbonyl (C=O) groups excluding carboxylic acids is 2. The van der Waals surface area contributed by atoms with Gasteiger partial charge in [0.2, 0.25) is 11.8 Å². The number of hydrogen-bond acceptors (Lipinski definition) is 6. The predicted octanol–water partition coefficient (Wildman–Crippen LogP) is 0.827. The van der Waals surface area contributed by atoms with Gasteiger partial charge in [0.1, 0.15) is 0 Å². The van der Waals surface area contributed by atoms with Crippen LogP contribution in [-0.2, 0) is 4.74 Å². The molecule has 0 aromatic carbocycles. The summed E-state index contributed by atoms with van der Waals surface area (Å²) in [5.41, 5.74) is 0. The fourth-order valence-electron chi connectivity index (χ4n) is 1.18.